The SMILES string of the molecule is NC1CCCC(C(=O)N2CCC(Nc3cccnn3)CC2)C1. The Morgan fingerprint density at radius 3 is 2.77 bits per heavy atom. The Labute approximate surface area is 131 Å². The van der Waals surface area contributed by atoms with E-state index >= 15 is 0 Å². The number of nitrogens with one attached hydrogen (secondary N) is 1. The first-order valence-corrected chi connectivity index (χ1v) is 8.31. The lowest BCUT2D eigenvalue weighted by Gasteiger charge is -2.36. The molecule has 6 heteroatoms. The zero-order valence-corrected chi connectivity index (χ0v) is 12.9. The van der Waals surface area contributed by atoms with Gasteiger partial charge in [-0.05, 0) is 44.2 Å². The normalized spacial score (nSPS) is 26.7. The van der Waals surface area contributed by atoms with Crippen LogP contribution in [0.15, 0.2) is 18.3 Å². The number of hydrogen-bond donors (Lipinski definition) is 2. The third-order valence-corrected chi connectivity index (χ3v) is 4.79. The number of likely N-dealkylation sites (tertiary alicyclic amines) is 1. The molecule has 0 radical (unpaired) electrons. The van der Waals surface area contributed by atoms with Crippen molar-refractivity contribution in [2.24, 2.45) is 11.7 Å². The molecule has 22 heavy (non-hydrogen) atoms. The van der Waals surface area contributed by atoms with Crippen LogP contribution in [0, 0.1) is 5.92 Å². The Hall–Kier alpha value is -1.69. The topological polar surface area (TPSA) is 84.1 Å². The number of nitrogens with zero attached hydrogens (tertiary/aromatic N) is 3. The molecular formula is C16H25N5O. The number of carbonyl (C=O) groups excluding carboxylic acids is 1. The molecule has 2 fully saturated rings. The van der Waals surface area contributed by atoms with Crippen molar-refractivity contribution >= 4 is 11.7 Å². The average molecular weight is 303 g/mol. The molecule has 0 bridgehead atoms. The van der Waals surface area contributed by atoms with Gasteiger partial charge < -0.3 is 16.0 Å². The van der Waals surface area contributed by atoms with E-state index in [1.165, 1.54) is 0 Å². The van der Waals surface area contributed by atoms with Gasteiger partial charge in [-0.1, -0.05) is 6.42 Å². The Kier molecular flexibility index (Phi) is 4.87. The van der Waals surface area contributed by atoms with E-state index in [0.29, 0.717) is 11.9 Å². The number of nitrogens with two attached hydrogens (primary N) is 1. The molecule has 1 aromatic rings. The first-order valence-electron chi connectivity index (χ1n) is 8.31. The second-order valence-corrected chi connectivity index (χ2v) is 6.48. The molecule has 0 aromatic carbocycles. The van der Waals surface area contributed by atoms with E-state index < -0.39 is 0 Å². The van der Waals surface area contributed by atoms with E-state index in [9.17, 15) is 4.79 Å². The second kappa shape index (κ2) is 7.05. The highest BCUT2D eigenvalue weighted by Gasteiger charge is 2.31. The van der Waals surface area contributed by atoms with Crippen molar-refractivity contribution < 1.29 is 4.79 Å². The minimum atomic E-state index is 0.147. The van der Waals surface area contributed by atoms with Crippen molar-refractivity contribution in [3.63, 3.8) is 0 Å². The number of amides is 1. The van der Waals surface area contributed by atoms with Gasteiger partial charge in [-0.15, -0.1) is 5.10 Å². The van der Waals surface area contributed by atoms with Crippen molar-refractivity contribution in [1.82, 2.24) is 15.1 Å². The summed E-state index contributed by atoms with van der Waals surface area (Å²) in [6.07, 6.45) is 7.60. The summed E-state index contributed by atoms with van der Waals surface area (Å²) in [5.74, 6) is 1.27. The Morgan fingerprint density at radius 2 is 2.09 bits per heavy atom. The monoisotopic (exact) mass is 303 g/mol. The highest BCUT2D eigenvalue weighted by molar-refractivity contribution is 5.79. The molecule has 1 aliphatic heterocycles. The number of piperidine rings is 1. The number of anilines is 1. The van der Waals surface area contributed by atoms with E-state index in [1.807, 2.05) is 17.0 Å². The highest BCUT2D eigenvalue weighted by atomic mass is 16.2. The zero-order chi connectivity index (χ0) is 15.4. The number of hydrogen-bond acceptors (Lipinski definition) is 5. The van der Waals surface area contributed by atoms with Crippen LogP contribution in [0.3, 0.4) is 0 Å². The zero-order valence-electron chi connectivity index (χ0n) is 12.9. The fourth-order valence-corrected chi connectivity index (χ4v) is 3.54. The van der Waals surface area contributed by atoms with Crippen LogP contribution in [0.1, 0.15) is 38.5 Å². The Balaban J connectivity index is 1.48. The Bertz CT molecular complexity index is 487. The van der Waals surface area contributed by atoms with Crippen molar-refractivity contribution in [2.75, 3.05) is 18.4 Å². The van der Waals surface area contributed by atoms with Crippen LogP contribution in [0.2, 0.25) is 0 Å². The van der Waals surface area contributed by atoms with Crippen LogP contribution >= 0.6 is 0 Å². The summed E-state index contributed by atoms with van der Waals surface area (Å²) < 4.78 is 0. The van der Waals surface area contributed by atoms with Crippen LogP contribution in [-0.2, 0) is 4.79 Å². The average Bonchev–Trinajstić information content (AvgIpc) is 2.56. The van der Waals surface area contributed by atoms with Gasteiger partial charge in [0.05, 0.1) is 0 Å². The molecule has 1 aliphatic carbocycles. The van der Waals surface area contributed by atoms with E-state index in [-0.39, 0.29) is 12.0 Å². The molecule has 6 nitrogen and oxygen atoms in total. The third kappa shape index (κ3) is 3.74. The molecule has 1 saturated carbocycles. The van der Waals surface area contributed by atoms with Gasteiger partial charge in [-0.3, -0.25) is 4.79 Å². The van der Waals surface area contributed by atoms with Gasteiger partial charge >= 0.3 is 0 Å². The summed E-state index contributed by atoms with van der Waals surface area (Å²) in [7, 11) is 0. The molecule has 2 heterocycles. The van der Waals surface area contributed by atoms with Gasteiger partial charge in [0.1, 0.15) is 5.82 Å². The lowest BCUT2D eigenvalue weighted by Crippen LogP contribution is -2.46. The summed E-state index contributed by atoms with van der Waals surface area (Å²) in [5.41, 5.74) is 6.01. The van der Waals surface area contributed by atoms with Crippen LogP contribution in [0.25, 0.3) is 0 Å². The molecule has 2 atom stereocenters. The summed E-state index contributed by atoms with van der Waals surface area (Å²) >= 11 is 0. The predicted molar refractivity (Wildman–Crippen MR) is 85.2 cm³/mol. The first-order chi connectivity index (χ1) is 10.7. The maximum atomic E-state index is 12.6. The van der Waals surface area contributed by atoms with Crippen LogP contribution in [-0.4, -0.2) is 46.2 Å². The van der Waals surface area contributed by atoms with Crippen molar-refractivity contribution in [3.05, 3.63) is 18.3 Å². The predicted octanol–water partition coefficient (Wildman–Crippen LogP) is 1.40. The minimum absolute atomic E-state index is 0.147. The first kappa shape index (κ1) is 15.2. The van der Waals surface area contributed by atoms with Crippen molar-refractivity contribution in [3.8, 4) is 0 Å². The fraction of sp³-hybridized carbons (Fsp3) is 0.688. The lowest BCUT2D eigenvalue weighted by atomic mass is 9.85. The quantitative estimate of drug-likeness (QED) is 0.881. The van der Waals surface area contributed by atoms with Gasteiger partial charge in [0.15, 0.2) is 0 Å². The summed E-state index contributed by atoms with van der Waals surface area (Å²) in [4.78, 5) is 14.6. The maximum absolute atomic E-state index is 12.6. The number of aromatic nitrogens is 2. The maximum Gasteiger partial charge on any atom is 0.225 e. The second-order valence-electron chi connectivity index (χ2n) is 6.48. The van der Waals surface area contributed by atoms with Gasteiger partial charge in [-0.2, -0.15) is 5.10 Å². The van der Waals surface area contributed by atoms with E-state index in [0.717, 1.165) is 57.4 Å². The molecule has 0 spiro atoms. The van der Waals surface area contributed by atoms with Crippen LogP contribution in [0.5, 0.6) is 0 Å². The number of carbonyl (C=O) groups is 1. The van der Waals surface area contributed by atoms with Gasteiger partial charge in [0, 0.05) is 37.3 Å². The molecule has 1 amide bonds. The molecule has 3 N–H and O–H groups in total. The molecule has 2 unspecified atom stereocenters. The standard InChI is InChI=1S/C16H25N5O/c17-13-4-1-3-12(11-13)16(22)21-9-6-14(7-10-21)19-15-5-2-8-18-20-15/h2,5,8,12-14H,1,3-4,6-7,9-11,17H2,(H,19,20). The molecule has 1 aromatic heterocycles. The minimum Gasteiger partial charge on any atom is -0.366 e. The molecule has 3 rings (SSSR count). The van der Waals surface area contributed by atoms with Crippen molar-refractivity contribution in [2.45, 2.75) is 50.6 Å². The smallest absolute Gasteiger partial charge is 0.225 e. The molecule has 2 aliphatic rings. The van der Waals surface area contributed by atoms with E-state index in [1.54, 1.807) is 6.20 Å². The van der Waals surface area contributed by atoms with Gasteiger partial charge in [0.25, 0.3) is 0 Å². The molecule has 120 valence electrons. The van der Waals surface area contributed by atoms with Crippen LogP contribution in [0.4, 0.5) is 5.82 Å². The number of rotatable bonds is 3. The Morgan fingerprint density at radius 1 is 1.27 bits per heavy atom. The fourth-order valence-electron chi connectivity index (χ4n) is 3.54. The molecular weight excluding hydrogens is 278 g/mol. The lowest BCUT2D eigenvalue weighted by molar-refractivity contribution is -0.137. The summed E-state index contributed by atoms with van der Waals surface area (Å²) in [6, 6.07) is 4.38. The van der Waals surface area contributed by atoms with Crippen LogP contribution < -0.4 is 11.1 Å². The van der Waals surface area contributed by atoms with Crippen molar-refractivity contribution in [1.29, 1.82) is 0 Å². The van der Waals surface area contributed by atoms with E-state index in [4.69, 9.17) is 5.73 Å². The van der Waals surface area contributed by atoms with Gasteiger partial charge in [0.2, 0.25) is 5.91 Å². The van der Waals surface area contributed by atoms with Gasteiger partial charge in [-0.25, -0.2) is 0 Å². The summed E-state index contributed by atoms with van der Waals surface area (Å²) in [6.45, 7) is 1.64. The van der Waals surface area contributed by atoms with E-state index in [2.05, 4.69) is 15.5 Å². The molecule has 1 saturated heterocycles. The third-order valence-electron chi connectivity index (χ3n) is 4.79. The summed E-state index contributed by atoms with van der Waals surface area (Å²) in [5, 5.41) is 11.3. The largest absolute Gasteiger partial charge is 0.366 e. The highest BCUT2D eigenvalue weighted by Crippen LogP contribution is 2.26.